The van der Waals surface area contributed by atoms with Crippen molar-refractivity contribution in [2.24, 2.45) is 0 Å². The maximum Gasteiger partial charge on any atom is 0.371 e. The lowest BCUT2D eigenvalue weighted by Gasteiger charge is -2.12. The smallest absolute Gasteiger partial charge is 0.371 e. The van der Waals surface area contributed by atoms with E-state index in [1.807, 2.05) is 0 Å². The van der Waals surface area contributed by atoms with E-state index in [2.05, 4.69) is 0 Å². The molecule has 1 aliphatic rings. The summed E-state index contributed by atoms with van der Waals surface area (Å²) in [6.07, 6.45) is 2.02. The second kappa shape index (κ2) is 9.02. The van der Waals surface area contributed by atoms with Gasteiger partial charge in [-0.05, 0) is 37.1 Å². The van der Waals surface area contributed by atoms with Crippen LogP contribution in [0.3, 0.4) is 0 Å². The number of hydrogen-bond donors (Lipinski definition) is 1. The zero-order chi connectivity index (χ0) is 24.4. The molecule has 1 aliphatic heterocycles. The summed E-state index contributed by atoms with van der Waals surface area (Å²) < 4.78 is 10.4. The third-order valence-electron chi connectivity index (χ3n) is 5.24. The summed E-state index contributed by atoms with van der Waals surface area (Å²) in [5.41, 5.74) is 0.708. The van der Waals surface area contributed by atoms with Crippen molar-refractivity contribution in [2.75, 3.05) is 13.1 Å². The Morgan fingerprint density at radius 2 is 1.26 bits per heavy atom. The van der Waals surface area contributed by atoms with E-state index in [0.29, 0.717) is 21.9 Å². The molecule has 0 bridgehead atoms. The normalized spacial score (nSPS) is 13.0. The van der Waals surface area contributed by atoms with E-state index in [0.717, 1.165) is 25.9 Å². The van der Waals surface area contributed by atoms with Crippen molar-refractivity contribution in [3.8, 4) is 0 Å². The van der Waals surface area contributed by atoms with E-state index in [1.54, 1.807) is 11.0 Å². The summed E-state index contributed by atoms with van der Waals surface area (Å²) in [5.74, 6) is -1.33. The van der Waals surface area contributed by atoms with Gasteiger partial charge in [-0.1, -0.05) is 0 Å². The number of nitrogens with zero attached hydrogens (tertiary/aromatic N) is 3. The molecule has 12 heteroatoms. The minimum absolute atomic E-state index is 0.00604. The van der Waals surface area contributed by atoms with Crippen molar-refractivity contribution in [3.05, 3.63) is 80.3 Å². The molecule has 1 N–H and O–H groups in total. The van der Waals surface area contributed by atoms with Crippen molar-refractivity contribution in [1.82, 2.24) is 4.90 Å². The van der Waals surface area contributed by atoms with E-state index < -0.39 is 15.8 Å². The van der Waals surface area contributed by atoms with Crippen molar-refractivity contribution in [3.63, 3.8) is 0 Å². The number of non-ortho nitro benzene ring substituents is 2. The highest BCUT2D eigenvalue weighted by Crippen LogP contribution is 2.26. The van der Waals surface area contributed by atoms with Gasteiger partial charge in [0, 0.05) is 48.1 Å². The van der Waals surface area contributed by atoms with Crippen LogP contribution >= 0.6 is 0 Å². The third kappa shape index (κ3) is 4.55. The lowest BCUT2D eigenvalue weighted by Crippen LogP contribution is -2.27. The highest BCUT2D eigenvalue weighted by molar-refractivity contribution is 5.96. The molecule has 4 aromatic rings. The van der Waals surface area contributed by atoms with E-state index in [4.69, 9.17) is 13.9 Å². The van der Waals surface area contributed by atoms with Gasteiger partial charge in [-0.25, -0.2) is 4.79 Å². The molecule has 12 nitrogen and oxygen atoms in total. The molecule has 3 heterocycles. The number of fused-ring (bicyclic) bond motifs is 2. The van der Waals surface area contributed by atoms with Crippen molar-refractivity contribution in [2.45, 2.75) is 12.8 Å². The monoisotopic (exact) mass is 467 g/mol. The van der Waals surface area contributed by atoms with Crippen LogP contribution in [-0.2, 0) is 0 Å². The van der Waals surface area contributed by atoms with Gasteiger partial charge in [0.15, 0.2) is 5.76 Å². The molecule has 5 rings (SSSR count). The molecule has 34 heavy (non-hydrogen) atoms. The number of aromatic carboxylic acids is 1. The first-order valence-electron chi connectivity index (χ1n) is 10.1. The Morgan fingerprint density at radius 1 is 0.794 bits per heavy atom. The molecule has 0 spiro atoms. The average Bonchev–Trinajstić information content (AvgIpc) is 3.57. The largest absolute Gasteiger partial charge is 0.475 e. The number of carbonyl (C=O) groups is 2. The van der Waals surface area contributed by atoms with Gasteiger partial charge >= 0.3 is 5.97 Å². The van der Waals surface area contributed by atoms with Crippen LogP contribution in [0.5, 0.6) is 0 Å². The number of rotatable bonds is 4. The molecule has 0 atom stereocenters. The molecule has 1 saturated heterocycles. The molecule has 0 radical (unpaired) electrons. The SMILES string of the molecule is O=C(O)c1cc2cc([N+](=O)[O-])ccc2o1.O=C(c1cc2cc([N+](=O)[O-])ccc2o1)N1CCCC1. The Kier molecular flexibility index (Phi) is 5.95. The molecule has 1 amide bonds. The van der Waals surface area contributed by atoms with Gasteiger partial charge in [-0.3, -0.25) is 25.0 Å². The van der Waals surface area contributed by atoms with Crippen LogP contribution in [0.1, 0.15) is 34.0 Å². The fourth-order valence-electron chi connectivity index (χ4n) is 3.58. The lowest BCUT2D eigenvalue weighted by atomic mass is 10.2. The number of hydrogen-bond acceptors (Lipinski definition) is 8. The van der Waals surface area contributed by atoms with Gasteiger partial charge in [-0.2, -0.15) is 0 Å². The summed E-state index contributed by atoms with van der Waals surface area (Å²) in [7, 11) is 0. The number of benzene rings is 2. The maximum atomic E-state index is 12.1. The van der Waals surface area contributed by atoms with Crippen LogP contribution in [0.4, 0.5) is 11.4 Å². The molecule has 2 aromatic carbocycles. The minimum Gasteiger partial charge on any atom is -0.475 e. The van der Waals surface area contributed by atoms with Gasteiger partial charge in [0.1, 0.15) is 11.2 Å². The fraction of sp³-hybridized carbons (Fsp3) is 0.182. The summed E-state index contributed by atoms with van der Waals surface area (Å²) in [5, 5.41) is 30.8. The van der Waals surface area contributed by atoms with Gasteiger partial charge in [-0.15, -0.1) is 0 Å². The van der Waals surface area contributed by atoms with Crippen LogP contribution in [0.15, 0.2) is 57.4 Å². The summed E-state index contributed by atoms with van der Waals surface area (Å²) in [6, 6.07) is 11.0. The molecular formula is C22H17N3O9. The standard InChI is InChI=1S/C13H12N2O4.C9H5NO5/c16-13(14-5-1-2-6-14)12-8-9-7-10(15(17)18)3-4-11(9)19-12;11-9(12)8-4-5-3-6(10(13)14)1-2-7(5)15-8/h3-4,7-8H,1-2,5-6H2;1-4H,(H,11,12). The lowest BCUT2D eigenvalue weighted by molar-refractivity contribution is -0.384. The van der Waals surface area contributed by atoms with Crippen LogP contribution in [0, 0.1) is 20.2 Å². The maximum absolute atomic E-state index is 12.1. The first-order chi connectivity index (χ1) is 16.2. The molecule has 0 aliphatic carbocycles. The number of carbonyl (C=O) groups excluding carboxylic acids is 1. The Balaban J connectivity index is 0.000000166. The number of nitro groups is 2. The van der Waals surface area contributed by atoms with E-state index >= 15 is 0 Å². The summed E-state index contributed by atoms with van der Waals surface area (Å²) in [6.45, 7) is 1.49. The van der Waals surface area contributed by atoms with Crippen LogP contribution in [0.25, 0.3) is 21.9 Å². The van der Waals surface area contributed by atoms with E-state index in [-0.39, 0.29) is 28.8 Å². The number of nitro benzene ring substituents is 2. The average molecular weight is 467 g/mol. The summed E-state index contributed by atoms with van der Waals surface area (Å²) >= 11 is 0. The summed E-state index contributed by atoms with van der Waals surface area (Å²) in [4.78, 5) is 44.6. The fourth-order valence-corrected chi connectivity index (χ4v) is 3.58. The van der Waals surface area contributed by atoms with Gasteiger partial charge in [0.05, 0.1) is 9.85 Å². The van der Waals surface area contributed by atoms with Crippen LogP contribution < -0.4 is 0 Å². The number of furan rings is 2. The molecule has 0 saturated carbocycles. The van der Waals surface area contributed by atoms with Crippen LogP contribution in [-0.4, -0.2) is 44.8 Å². The number of carboxylic acid groups (broad SMARTS) is 1. The predicted molar refractivity (Wildman–Crippen MR) is 118 cm³/mol. The second-order valence-corrected chi connectivity index (χ2v) is 7.48. The Labute approximate surface area is 190 Å². The molecule has 2 aromatic heterocycles. The Bertz CT molecular complexity index is 1420. The molecular weight excluding hydrogens is 450 g/mol. The highest BCUT2D eigenvalue weighted by Gasteiger charge is 2.23. The topological polar surface area (TPSA) is 170 Å². The van der Waals surface area contributed by atoms with Crippen molar-refractivity contribution < 1.29 is 33.4 Å². The van der Waals surface area contributed by atoms with Gasteiger partial charge < -0.3 is 18.8 Å². The van der Waals surface area contributed by atoms with E-state index in [9.17, 15) is 29.8 Å². The highest BCUT2D eigenvalue weighted by atomic mass is 16.6. The minimum atomic E-state index is -1.20. The zero-order valence-electron chi connectivity index (χ0n) is 17.5. The molecule has 0 unspecified atom stereocenters. The van der Waals surface area contributed by atoms with Gasteiger partial charge in [0.25, 0.3) is 17.3 Å². The van der Waals surface area contributed by atoms with E-state index in [1.165, 1.54) is 42.5 Å². The van der Waals surface area contributed by atoms with Crippen molar-refractivity contribution in [1.29, 1.82) is 0 Å². The Morgan fingerprint density at radius 3 is 1.74 bits per heavy atom. The number of carboxylic acids is 1. The third-order valence-corrected chi connectivity index (χ3v) is 5.24. The zero-order valence-corrected chi connectivity index (χ0v) is 17.5. The first kappa shape index (κ1) is 22.5. The quantitative estimate of drug-likeness (QED) is 0.332. The second-order valence-electron chi connectivity index (χ2n) is 7.48. The van der Waals surface area contributed by atoms with Gasteiger partial charge in [0.2, 0.25) is 5.76 Å². The van der Waals surface area contributed by atoms with Crippen LogP contribution in [0.2, 0.25) is 0 Å². The first-order valence-corrected chi connectivity index (χ1v) is 10.1. The number of likely N-dealkylation sites (tertiary alicyclic amines) is 1. The predicted octanol–water partition coefficient (Wildman–Crippen LogP) is 4.62. The number of amides is 1. The molecule has 174 valence electrons. The Hall–Kier alpha value is -4.74. The molecule has 1 fully saturated rings. The van der Waals surface area contributed by atoms with Crippen molar-refractivity contribution >= 4 is 45.2 Å².